The van der Waals surface area contributed by atoms with Gasteiger partial charge in [0.15, 0.2) is 0 Å². The fourth-order valence-corrected chi connectivity index (χ4v) is 2.73. The van der Waals surface area contributed by atoms with Gasteiger partial charge in [-0.2, -0.15) is 0 Å². The highest BCUT2D eigenvalue weighted by Gasteiger charge is 2.05. The van der Waals surface area contributed by atoms with E-state index in [-0.39, 0.29) is 0 Å². The first-order valence-electron chi connectivity index (χ1n) is 5.70. The second-order valence-corrected chi connectivity index (χ2v) is 5.57. The molecule has 90 valence electrons. The molecule has 2 nitrogen and oxygen atoms in total. The van der Waals surface area contributed by atoms with Crippen molar-refractivity contribution in [3.63, 3.8) is 0 Å². The SMILES string of the molecule is Cc1cccc(Cc2nnc(CCCCl)s2)c1. The van der Waals surface area contributed by atoms with Crippen LogP contribution >= 0.6 is 22.9 Å². The van der Waals surface area contributed by atoms with Crippen LogP contribution in [0.15, 0.2) is 24.3 Å². The molecule has 0 saturated carbocycles. The summed E-state index contributed by atoms with van der Waals surface area (Å²) < 4.78 is 0. The Kier molecular flexibility index (Phi) is 4.51. The zero-order valence-electron chi connectivity index (χ0n) is 9.82. The summed E-state index contributed by atoms with van der Waals surface area (Å²) in [6.07, 6.45) is 2.79. The Morgan fingerprint density at radius 1 is 1.24 bits per heavy atom. The van der Waals surface area contributed by atoms with Gasteiger partial charge in [-0.05, 0) is 18.9 Å². The number of alkyl halides is 1. The average molecular weight is 267 g/mol. The lowest BCUT2D eigenvalue weighted by Crippen LogP contribution is -1.87. The highest BCUT2D eigenvalue weighted by molar-refractivity contribution is 7.11. The summed E-state index contributed by atoms with van der Waals surface area (Å²) in [7, 11) is 0. The molecule has 2 aromatic rings. The minimum Gasteiger partial charge on any atom is -0.144 e. The van der Waals surface area contributed by atoms with Crippen LogP contribution in [0, 0.1) is 6.92 Å². The van der Waals surface area contributed by atoms with Crippen LogP contribution in [0.5, 0.6) is 0 Å². The van der Waals surface area contributed by atoms with Gasteiger partial charge in [0, 0.05) is 18.7 Å². The molecule has 0 unspecified atom stereocenters. The second kappa shape index (κ2) is 6.12. The molecule has 0 radical (unpaired) electrons. The van der Waals surface area contributed by atoms with Crippen LogP contribution in [0.2, 0.25) is 0 Å². The highest BCUT2D eigenvalue weighted by atomic mass is 35.5. The average Bonchev–Trinajstić information content (AvgIpc) is 2.74. The Labute approximate surface area is 111 Å². The van der Waals surface area contributed by atoms with E-state index in [1.165, 1.54) is 11.1 Å². The molecule has 0 fully saturated rings. The first kappa shape index (κ1) is 12.5. The third-order valence-corrected chi connectivity index (χ3v) is 3.72. The number of benzene rings is 1. The molecule has 0 atom stereocenters. The Morgan fingerprint density at radius 3 is 2.82 bits per heavy atom. The number of nitrogens with zero attached hydrogens (tertiary/aromatic N) is 2. The fraction of sp³-hybridized carbons (Fsp3) is 0.385. The van der Waals surface area contributed by atoms with E-state index in [0.29, 0.717) is 5.88 Å². The maximum Gasteiger partial charge on any atom is 0.121 e. The van der Waals surface area contributed by atoms with Crippen molar-refractivity contribution in [1.82, 2.24) is 10.2 Å². The van der Waals surface area contributed by atoms with Gasteiger partial charge in [-0.15, -0.1) is 33.1 Å². The lowest BCUT2D eigenvalue weighted by molar-refractivity contribution is 0.873. The first-order valence-corrected chi connectivity index (χ1v) is 7.06. The van der Waals surface area contributed by atoms with Crippen LogP contribution in [-0.2, 0) is 12.8 Å². The molecular weight excluding hydrogens is 252 g/mol. The van der Waals surface area contributed by atoms with Gasteiger partial charge >= 0.3 is 0 Å². The topological polar surface area (TPSA) is 25.8 Å². The smallest absolute Gasteiger partial charge is 0.121 e. The van der Waals surface area contributed by atoms with Gasteiger partial charge in [0.05, 0.1) is 0 Å². The van der Waals surface area contributed by atoms with Crippen LogP contribution in [0.25, 0.3) is 0 Å². The van der Waals surface area contributed by atoms with Crippen molar-refractivity contribution >= 4 is 22.9 Å². The predicted molar refractivity (Wildman–Crippen MR) is 72.9 cm³/mol. The lowest BCUT2D eigenvalue weighted by atomic mass is 10.1. The fourth-order valence-electron chi connectivity index (χ4n) is 1.68. The van der Waals surface area contributed by atoms with Gasteiger partial charge in [-0.1, -0.05) is 29.8 Å². The molecule has 1 aromatic carbocycles. The predicted octanol–water partition coefficient (Wildman–Crippen LogP) is 3.61. The summed E-state index contributed by atoms with van der Waals surface area (Å²) in [5.41, 5.74) is 2.58. The van der Waals surface area contributed by atoms with Crippen molar-refractivity contribution in [3.05, 3.63) is 45.4 Å². The summed E-state index contributed by atoms with van der Waals surface area (Å²) in [4.78, 5) is 0. The van der Waals surface area contributed by atoms with Crippen molar-refractivity contribution in [2.75, 3.05) is 5.88 Å². The van der Waals surface area contributed by atoms with E-state index in [0.717, 1.165) is 29.3 Å². The Hall–Kier alpha value is -0.930. The monoisotopic (exact) mass is 266 g/mol. The molecular formula is C13H15ClN2S. The van der Waals surface area contributed by atoms with E-state index in [9.17, 15) is 0 Å². The van der Waals surface area contributed by atoms with Gasteiger partial charge < -0.3 is 0 Å². The molecule has 4 heteroatoms. The summed E-state index contributed by atoms with van der Waals surface area (Å²) in [6.45, 7) is 2.11. The van der Waals surface area contributed by atoms with Gasteiger partial charge in [-0.3, -0.25) is 0 Å². The van der Waals surface area contributed by atoms with Gasteiger partial charge in [0.1, 0.15) is 10.0 Å². The van der Waals surface area contributed by atoms with Crippen LogP contribution in [-0.4, -0.2) is 16.1 Å². The van der Waals surface area contributed by atoms with Crippen molar-refractivity contribution in [3.8, 4) is 0 Å². The minimum absolute atomic E-state index is 0.687. The molecule has 1 aromatic heterocycles. The first-order chi connectivity index (χ1) is 8.28. The van der Waals surface area contributed by atoms with Crippen LogP contribution in [0.4, 0.5) is 0 Å². The molecule has 2 rings (SSSR count). The number of aryl methyl sites for hydroxylation is 2. The standard InChI is InChI=1S/C13H15ClN2S/c1-10-4-2-5-11(8-10)9-13-16-15-12(17-13)6-3-7-14/h2,4-5,8H,3,6-7,9H2,1H3. The maximum absolute atomic E-state index is 5.66. The molecule has 0 bridgehead atoms. The molecule has 0 N–H and O–H groups in total. The third-order valence-electron chi connectivity index (χ3n) is 2.47. The van der Waals surface area contributed by atoms with Crippen LogP contribution in [0.3, 0.4) is 0 Å². The van der Waals surface area contributed by atoms with E-state index >= 15 is 0 Å². The van der Waals surface area contributed by atoms with Gasteiger partial charge in [0.25, 0.3) is 0 Å². The number of rotatable bonds is 5. The van der Waals surface area contributed by atoms with Crippen molar-refractivity contribution < 1.29 is 0 Å². The lowest BCUT2D eigenvalue weighted by Gasteiger charge is -1.98. The molecule has 0 aliphatic rings. The second-order valence-electron chi connectivity index (χ2n) is 4.05. The van der Waals surface area contributed by atoms with Crippen molar-refractivity contribution in [2.24, 2.45) is 0 Å². The van der Waals surface area contributed by atoms with Gasteiger partial charge in [0.2, 0.25) is 0 Å². The molecule has 0 spiro atoms. The number of aromatic nitrogens is 2. The van der Waals surface area contributed by atoms with E-state index < -0.39 is 0 Å². The Bertz CT molecular complexity index is 482. The number of hydrogen-bond acceptors (Lipinski definition) is 3. The molecule has 1 heterocycles. The molecule has 17 heavy (non-hydrogen) atoms. The highest BCUT2D eigenvalue weighted by Crippen LogP contribution is 2.16. The maximum atomic E-state index is 5.66. The quantitative estimate of drug-likeness (QED) is 0.773. The molecule has 0 aliphatic heterocycles. The molecule has 0 saturated heterocycles. The third kappa shape index (κ3) is 3.79. The van der Waals surface area contributed by atoms with E-state index in [2.05, 4.69) is 41.4 Å². The number of halogens is 1. The summed E-state index contributed by atoms with van der Waals surface area (Å²) in [5, 5.41) is 10.6. The summed E-state index contributed by atoms with van der Waals surface area (Å²) in [6, 6.07) is 8.52. The Morgan fingerprint density at radius 2 is 2.06 bits per heavy atom. The number of hydrogen-bond donors (Lipinski definition) is 0. The van der Waals surface area contributed by atoms with E-state index in [1.807, 2.05) is 0 Å². The Balaban J connectivity index is 2.01. The van der Waals surface area contributed by atoms with E-state index in [1.54, 1.807) is 11.3 Å². The summed E-state index contributed by atoms with van der Waals surface area (Å²) >= 11 is 7.35. The van der Waals surface area contributed by atoms with Crippen LogP contribution < -0.4 is 0 Å². The summed E-state index contributed by atoms with van der Waals surface area (Å²) in [5.74, 6) is 0.687. The molecule has 0 amide bonds. The largest absolute Gasteiger partial charge is 0.144 e. The molecule has 0 aliphatic carbocycles. The van der Waals surface area contributed by atoms with Crippen LogP contribution in [0.1, 0.15) is 27.6 Å². The van der Waals surface area contributed by atoms with Gasteiger partial charge in [-0.25, -0.2) is 0 Å². The zero-order chi connectivity index (χ0) is 12.1. The minimum atomic E-state index is 0.687. The zero-order valence-corrected chi connectivity index (χ0v) is 11.4. The van der Waals surface area contributed by atoms with Crippen molar-refractivity contribution in [2.45, 2.75) is 26.2 Å². The van der Waals surface area contributed by atoms with Crippen molar-refractivity contribution in [1.29, 1.82) is 0 Å². The van der Waals surface area contributed by atoms with E-state index in [4.69, 9.17) is 11.6 Å². The normalized spacial score (nSPS) is 10.7.